The number of amides is 1. The molecule has 0 saturated carbocycles. The molecule has 0 aliphatic carbocycles. The van der Waals surface area contributed by atoms with Gasteiger partial charge >= 0.3 is 5.97 Å². The lowest BCUT2D eigenvalue weighted by Crippen LogP contribution is -2.33. The molecule has 1 atom stereocenters. The number of aryl methyl sites for hydroxylation is 1. The fourth-order valence-electron chi connectivity index (χ4n) is 3.36. The first-order valence-electron chi connectivity index (χ1n) is 11.0. The fourth-order valence-corrected chi connectivity index (χ4v) is 3.74. The summed E-state index contributed by atoms with van der Waals surface area (Å²) in [5, 5.41) is 5.99. The number of fused-ring (bicyclic) bond motifs is 1. The second kappa shape index (κ2) is 11.0. The monoisotopic (exact) mass is 530 g/mol. The molecule has 0 radical (unpaired) electrons. The fraction of sp³-hybridized carbons (Fsp3) is 0.107. The SMILES string of the molecule is Cc1ccc(C(=O)Oc2ccc(Br)cc2/C=N/NC(=O)C(C)Oc2cccc3ccccc23)cc1. The Morgan fingerprint density at radius 2 is 1.69 bits per heavy atom. The van der Waals surface area contributed by atoms with E-state index in [1.807, 2.05) is 61.5 Å². The Morgan fingerprint density at radius 3 is 2.49 bits per heavy atom. The Hall–Kier alpha value is -3.97. The molecular weight excluding hydrogens is 508 g/mol. The zero-order valence-corrected chi connectivity index (χ0v) is 20.8. The molecule has 1 amide bonds. The van der Waals surface area contributed by atoms with E-state index in [1.54, 1.807) is 37.3 Å². The Kier molecular flexibility index (Phi) is 7.57. The van der Waals surface area contributed by atoms with Gasteiger partial charge in [-0.05, 0) is 55.6 Å². The Balaban J connectivity index is 1.42. The number of nitrogens with zero attached hydrogens (tertiary/aromatic N) is 1. The van der Waals surface area contributed by atoms with Crippen LogP contribution in [0.25, 0.3) is 10.8 Å². The van der Waals surface area contributed by atoms with Crippen molar-refractivity contribution in [3.05, 3.63) is 106 Å². The van der Waals surface area contributed by atoms with Gasteiger partial charge in [0, 0.05) is 15.4 Å². The van der Waals surface area contributed by atoms with Gasteiger partial charge in [0.05, 0.1) is 11.8 Å². The Morgan fingerprint density at radius 1 is 0.943 bits per heavy atom. The molecule has 0 aliphatic rings. The number of hydrazone groups is 1. The highest BCUT2D eigenvalue weighted by Gasteiger charge is 2.16. The average molecular weight is 531 g/mol. The highest BCUT2D eigenvalue weighted by Crippen LogP contribution is 2.26. The minimum atomic E-state index is -0.778. The van der Waals surface area contributed by atoms with E-state index in [2.05, 4.69) is 26.5 Å². The van der Waals surface area contributed by atoms with E-state index in [1.165, 1.54) is 6.21 Å². The number of nitrogens with one attached hydrogen (secondary N) is 1. The van der Waals surface area contributed by atoms with Crippen LogP contribution in [0.3, 0.4) is 0 Å². The molecule has 7 heteroatoms. The maximum Gasteiger partial charge on any atom is 0.343 e. The van der Waals surface area contributed by atoms with Crippen LogP contribution in [0.15, 0.2) is 94.5 Å². The van der Waals surface area contributed by atoms with Crippen LogP contribution in [-0.4, -0.2) is 24.2 Å². The Bertz CT molecular complexity index is 1390. The number of ether oxygens (including phenoxy) is 2. The van der Waals surface area contributed by atoms with Crippen molar-refractivity contribution < 1.29 is 19.1 Å². The molecule has 0 saturated heterocycles. The van der Waals surface area contributed by atoms with Crippen LogP contribution < -0.4 is 14.9 Å². The number of esters is 1. The first-order valence-corrected chi connectivity index (χ1v) is 11.8. The van der Waals surface area contributed by atoms with E-state index >= 15 is 0 Å². The quantitative estimate of drug-likeness (QED) is 0.136. The molecule has 4 aromatic carbocycles. The van der Waals surface area contributed by atoms with Crippen LogP contribution in [0.4, 0.5) is 0 Å². The molecule has 4 aromatic rings. The third kappa shape index (κ3) is 6.13. The van der Waals surface area contributed by atoms with E-state index in [4.69, 9.17) is 9.47 Å². The second-order valence-electron chi connectivity index (χ2n) is 7.91. The predicted molar refractivity (Wildman–Crippen MR) is 140 cm³/mol. The summed E-state index contributed by atoms with van der Waals surface area (Å²) in [6, 6.07) is 25.8. The lowest BCUT2D eigenvalue weighted by Gasteiger charge is -2.14. The Labute approximate surface area is 211 Å². The minimum Gasteiger partial charge on any atom is -0.480 e. The van der Waals surface area contributed by atoms with Gasteiger partial charge in [-0.15, -0.1) is 0 Å². The summed E-state index contributed by atoms with van der Waals surface area (Å²) in [5.74, 6) is 0.0364. The third-order valence-corrected chi connectivity index (χ3v) is 5.76. The lowest BCUT2D eigenvalue weighted by atomic mass is 10.1. The van der Waals surface area contributed by atoms with E-state index in [0.717, 1.165) is 20.8 Å². The van der Waals surface area contributed by atoms with Gasteiger partial charge in [-0.3, -0.25) is 4.79 Å². The van der Waals surface area contributed by atoms with Gasteiger partial charge in [0.25, 0.3) is 5.91 Å². The summed E-state index contributed by atoms with van der Waals surface area (Å²) in [5.41, 5.74) is 4.49. The average Bonchev–Trinajstić information content (AvgIpc) is 2.86. The van der Waals surface area contributed by atoms with Crippen LogP contribution in [0.2, 0.25) is 0 Å². The largest absolute Gasteiger partial charge is 0.480 e. The van der Waals surface area contributed by atoms with Gasteiger partial charge in [-0.1, -0.05) is 70.0 Å². The molecule has 0 bridgehead atoms. The third-order valence-electron chi connectivity index (χ3n) is 5.26. The molecule has 0 aliphatic heterocycles. The van der Waals surface area contributed by atoms with Crippen LogP contribution in [0.5, 0.6) is 11.5 Å². The van der Waals surface area contributed by atoms with Crippen LogP contribution in [-0.2, 0) is 4.79 Å². The number of hydrogen-bond donors (Lipinski definition) is 1. The molecule has 0 heterocycles. The predicted octanol–water partition coefficient (Wildman–Crippen LogP) is 6.05. The van der Waals surface area contributed by atoms with Crippen molar-refractivity contribution in [2.75, 3.05) is 0 Å². The smallest absolute Gasteiger partial charge is 0.343 e. The van der Waals surface area contributed by atoms with Crippen molar-refractivity contribution in [3.63, 3.8) is 0 Å². The van der Waals surface area contributed by atoms with Gasteiger partial charge in [-0.2, -0.15) is 5.10 Å². The van der Waals surface area contributed by atoms with Crippen molar-refractivity contribution in [1.82, 2.24) is 5.43 Å². The van der Waals surface area contributed by atoms with Crippen LogP contribution in [0.1, 0.15) is 28.4 Å². The van der Waals surface area contributed by atoms with Crippen molar-refractivity contribution in [2.45, 2.75) is 20.0 Å². The summed E-state index contributed by atoms with van der Waals surface area (Å²) in [4.78, 5) is 25.1. The zero-order valence-electron chi connectivity index (χ0n) is 19.2. The molecule has 6 nitrogen and oxygen atoms in total. The maximum atomic E-state index is 12.6. The summed E-state index contributed by atoms with van der Waals surface area (Å²) >= 11 is 3.41. The molecule has 1 N–H and O–H groups in total. The van der Waals surface area contributed by atoms with E-state index in [-0.39, 0.29) is 0 Å². The van der Waals surface area contributed by atoms with Gasteiger partial charge in [0.1, 0.15) is 11.5 Å². The summed E-state index contributed by atoms with van der Waals surface area (Å²) in [6.45, 7) is 3.60. The molecule has 4 rings (SSSR count). The van der Waals surface area contributed by atoms with Gasteiger partial charge in [-0.25, -0.2) is 10.2 Å². The minimum absolute atomic E-state index is 0.317. The number of benzene rings is 4. The first kappa shape index (κ1) is 24.2. The summed E-state index contributed by atoms with van der Waals surface area (Å²) < 4.78 is 12.2. The zero-order chi connectivity index (χ0) is 24.8. The van der Waals surface area contributed by atoms with E-state index in [9.17, 15) is 9.59 Å². The highest BCUT2D eigenvalue weighted by molar-refractivity contribution is 9.10. The summed E-state index contributed by atoms with van der Waals surface area (Å²) in [6.07, 6.45) is 0.643. The lowest BCUT2D eigenvalue weighted by molar-refractivity contribution is -0.127. The molecule has 0 aromatic heterocycles. The second-order valence-corrected chi connectivity index (χ2v) is 8.82. The number of carbonyl (C=O) groups is 2. The normalized spacial score (nSPS) is 11.9. The number of halogens is 1. The van der Waals surface area contributed by atoms with Crippen molar-refractivity contribution >= 4 is 44.8 Å². The molecule has 1 unspecified atom stereocenters. The van der Waals surface area contributed by atoms with E-state index < -0.39 is 18.0 Å². The number of rotatable bonds is 7. The van der Waals surface area contributed by atoms with Crippen LogP contribution >= 0.6 is 15.9 Å². The number of hydrogen-bond acceptors (Lipinski definition) is 5. The highest BCUT2D eigenvalue weighted by atomic mass is 79.9. The molecule has 0 fully saturated rings. The molecule has 176 valence electrons. The standard InChI is InChI=1S/C28H23BrN2O4/c1-18-10-12-21(13-11-18)28(33)35-25-15-14-23(29)16-22(25)17-30-31-27(32)19(2)34-26-9-5-7-20-6-3-4-8-24(20)26/h3-17,19H,1-2H3,(H,31,32)/b30-17+. The van der Waals surface area contributed by atoms with Crippen molar-refractivity contribution in [3.8, 4) is 11.5 Å². The molecular formula is C28H23BrN2O4. The number of carbonyl (C=O) groups excluding carboxylic acids is 2. The van der Waals surface area contributed by atoms with E-state index in [0.29, 0.717) is 22.6 Å². The molecule has 35 heavy (non-hydrogen) atoms. The van der Waals surface area contributed by atoms with Crippen molar-refractivity contribution in [1.29, 1.82) is 0 Å². The van der Waals surface area contributed by atoms with Crippen LogP contribution in [0, 0.1) is 6.92 Å². The van der Waals surface area contributed by atoms with Gasteiger partial charge in [0.2, 0.25) is 0 Å². The summed E-state index contributed by atoms with van der Waals surface area (Å²) in [7, 11) is 0. The maximum absolute atomic E-state index is 12.6. The first-order chi connectivity index (χ1) is 16.9. The topological polar surface area (TPSA) is 77.0 Å². The van der Waals surface area contributed by atoms with Crippen molar-refractivity contribution in [2.24, 2.45) is 5.10 Å². The van der Waals surface area contributed by atoms with Gasteiger partial charge < -0.3 is 9.47 Å². The van der Waals surface area contributed by atoms with Gasteiger partial charge in [0.15, 0.2) is 6.10 Å². The molecule has 0 spiro atoms.